The SMILES string of the molecule is O=C(O)N(C1CN2CCC1CC2)[C@@H]1c2cc(-c3ccccc3OC(F)(F)F)ccc2CCC12CC2. The summed E-state index contributed by atoms with van der Waals surface area (Å²) in [6.07, 6.45) is 0.134. The van der Waals surface area contributed by atoms with Crippen LogP contribution in [0.1, 0.15) is 49.3 Å². The van der Waals surface area contributed by atoms with Crippen LogP contribution in [0.15, 0.2) is 42.5 Å². The zero-order valence-electron chi connectivity index (χ0n) is 19.4. The highest BCUT2D eigenvalue weighted by Gasteiger charge is 2.57. The van der Waals surface area contributed by atoms with Crippen LogP contribution < -0.4 is 4.74 Å². The first-order valence-electron chi connectivity index (χ1n) is 12.5. The number of carboxylic acid groups (broad SMARTS) is 1. The minimum atomic E-state index is -4.79. The fourth-order valence-corrected chi connectivity index (χ4v) is 6.84. The van der Waals surface area contributed by atoms with Crippen molar-refractivity contribution >= 4 is 6.09 Å². The molecule has 3 heterocycles. The Hall–Kier alpha value is -2.74. The molecular formula is C27H29F3N2O3. The minimum absolute atomic E-state index is 0.0482. The molecule has 2 atom stereocenters. The molecule has 2 aromatic rings. The molecule has 1 unspecified atom stereocenters. The lowest BCUT2D eigenvalue weighted by Gasteiger charge is -2.52. The fraction of sp³-hybridized carbons (Fsp3) is 0.519. The average Bonchev–Trinajstić information content (AvgIpc) is 3.60. The molecule has 4 fully saturated rings. The van der Waals surface area contributed by atoms with Crippen molar-refractivity contribution in [1.82, 2.24) is 9.80 Å². The Morgan fingerprint density at radius 1 is 1.09 bits per heavy atom. The van der Waals surface area contributed by atoms with Gasteiger partial charge in [-0.3, -0.25) is 4.90 Å². The number of benzene rings is 2. The van der Waals surface area contributed by atoms with E-state index in [1.165, 1.54) is 12.1 Å². The molecule has 1 spiro atoms. The van der Waals surface area contributed by atoms with Crippen molar-refractivity contribution in [2.75, 3.05) is 19.6 Å². The van der Waals surface area contributed by atoms with Crippen LogP contribution in [0.4, 0.5) is 18.0 Å². The smallest absolute Gasteiger partial charge is 0.465 e. The number of hydrogen-bond donors (Lipinski definition) is 1. The first-order valence-corrected chi connectivity index (χ1v) is 12.5. The molecule has 3 saturated heterocycles. The van der Waals surface area contributed by atoms with Crippen molar-refractivity contribution in [2.24, 2.45) is 11.3 Å². The van der Waals surface area contributed by atoms with Gasteiger partial charge in [-0.2, -0.15) is 0 Å². The second-order valence-electron chi connectivity index (χ2n) is 10.6. The normalized spacial score (nSPS) is 28.4. The van der Waals surface area contributed by atoms with Crippen LogP contribution in [0.2, 0.25) is 0 Å². The predicted molar refractivity (Wildman–Crippen MR) is 124 cm³/mol. The summed E-state index contributed by atoms with van der Waals surface area (Å²) in [6, 6.07) is 11.5. The summed E-state index contributed by atoms with van der Waals surface area (Å²) >= 11 is 0. The summed E-state index contributed by atoms with van der Waals surface area (Å²) < 4.78 is 43.5. The highest BCUT2D eigenvalue weighted by Crippen LogP contribution is 2.64. The van der Waals surface area contributed by atoms with E-state index < -0.39 is 12.5 Å². The Kier molecular flexibility index (Phi) is 5.29. The Morgan fingerprint density at radius 2 is 1.83 bits per heavy atom. The van der Waals surface area contributed by atoms with Crippen molar-refractivity contribution in [2.45, 2.75) is 57.0 Å². The van der Waals surface area contributed by atoms with Crippen LogP contribution in [0.5, 0.6) is 5.75 Å². The fourth-order valence-electron chi connectivity index (χ4n) is 6.84. The number of amides is 1. The minimum Gasteiger partial charge on any atom is -0.465 e. The third-order valence-corrected chi connectivity index (χ3v) is 8.71. The van der Waals surface area contributed by atoms with E-state index >= 15 is 0 Å². The van der Waals surface area contributed by atoms with Gasteiger partial charge in [-0.25, -0.2) is 4.79 Å². The Balaban J connectivity index is 1.43. The van der Waals surface area contributed by atoms with Gasteiger partial charge in [-0.1, -0.05) is 30.3 Å². The van der Waals surface area contributed by atoms with Crippen LogP contribution in [-0.4, -0.2) is 53.0 Å². The van der Waals surface area contributed by atoms with E-state index in [9.17, 15) is 23.1 Å². The zero-order chi connectivity index (χ0) is 24.4. The summed E-state index contributed by atoms with van der Waals surface area (Å²) in [7, 11) is 0. The van der Waals surface area contributed by atoms with E-state index in [2.05, 4.69) is 9.64 Å². The van der Waals surface area contributed by atoms with Crippen molar-refractivity contribution in [3.8, 4) is 16.9 Å². The number of rotatable bonds is 4. The lowest BCUT2D eigenvalue weighted by atomic mass is 9.73. The number of nitrogens with zero attached hydrogens (tertiary/aromatic N) is 2. The van der Waals surface area contributed by atoms with Gasteiger partial charge in [0.2, 0.25) is 0 Å². The maximum absolute atomic E-state index is 13.1. The quantitative estimate of drug-likeness (QED) is 0.568. The van der Waals surface area contributed by atoms with Gasteiger partial charge in [0.05, 0.1) is 12.1 Å². The molecule has 35 heavy (non-hydrogen) atoms. The number of para-hydroxylation sites is 1. The summed E-state index contributed by atoms with van der Waals surface area (Å²) in [4.78, 5) is 16.9. The molecule has 2 aromatic carbocycles. The topological polar surface area (TPSA) is 53.0 Å². The van der Waals surface area contributed by atoms with Gasteiger partial charge in [0.25, 0.3) is 0 Å². The monoisotopic (exact) mass is 486 g/mol. The second-order valence-corrected chi connectivity index (χ2v) is 10.6. The highest BCUT2D eigenvalue weighted by atomic mass is 19.4. The van der Waals surface area contributed by atoms with Crippen LogP contribution in [-0.2, 0) is 6.42 Å². The molecule has 1 amide bonds. The van der Waals surface area contributed by atoms with Crippen LogP contribution in [0.3, 0.4) is 0 Å². The Labute approximate surface area is 202 Å². The lowest BCUT2D eigenvalue weighted by molar-refractivity contribution is -0.274. The largest absolute Gasteiger partial charge is 0.573 e. The standard InChI is InChI=1S/C27H29F3N2O3/c28-27(29,30)35-23-4-2-1-3-20(23)19-6-5-17-7-10-26(11-12-26)24(21(17)15-19)32(25(33)34)22-16-31-13-8-18(22)9-14-31/h1-6,15,18,22,24H,7-14,16H2,(H,33,34)/t22?,24-/m1/s1. The predicted octanol–water partition coefficient (Wildman–Crippen LogP) is 6.09. The summed E-state index contributed by atoms with van der Waals surface area (Å²) in [5.74, 6) is 0.113. The summed E-state index contributed by atoms with van der Waals surface area (Å²) in [5.41, 5.74) is 2.94. The van der Waals surface area contributed by atoms with Crippen molar-refractivity contribution < 1.29 is 27.8 Å². The second kappa shape index (κ2) is 8.15. The third kappa shape index (κ3) is 4.05. The maximum atomic E-state index is 13.1. The highest BCUT2D eigenvalue weighted by molar-refractivity contribution is 5.73. The third-order valence-electron chi connectivity index (χ3n) is 8.71. The van der Waals surface area contributed by atoms with E-state index in [1.54, 1.807) is 17.0 Å². The van der Waals surface area contributed by atoms with E-state index in [-0.39, 0.29) is 23.2 Å². The lowest BCUT2D eigenvalue weighted by Crippen LogP contribution is -2.60. The molecule has 2 aliphatic carbocycles. The van der Waals surface area contributed by atoms with Gasteiger partial charge in [0.1, 0.15) is 5.75 Å². The van der Waals surface area contributed by atoms with Gasteiger partial charge in [0, 0.05) is 12.1 Å². The number of alkyl halides is 3. The zero-order valence-corrected chi connectivity index (χ0v) is 19.4. The van der Waals surface area contributed by atoms with E-state index in [0.29, 0.717) is 17.0 Å². The van der Waals surface area contributed by atoms with Gasteiger partial charge in [-0.05, 0) is 91.8 Å². The molecular weight excluding hydrogens is 457 g/mol. The van der Waals surface area contributed by atoms with E-state index in [4.69, 9.17) is 0 Å². The number of hydrogen-bond acceptors (Lipinski definition) is 3. The van der Waals surface area contributed by atoms with Gasteiger partial charge >= 0.3 is 12.5 Å². The number of halogens is 3. The number of ether oxygens (including phenoxy) is 1. The van der Waals surface area contributed by atoms with Crippen molar-refractivity contribution in [3.63, 3.8) is 0 Å². The molecule has 3 aliphatic heterocycles. The Bertz CT molecular complexity index is 1140. The molecule has 7 rings (SSSR count). The number of carbonyl (C=O) groups is 1. The first-order chi connectivity index (χ1) is 16.7. The summed E-state index contributed by atoms with van der Waals surface area (Å²) in [6.45, 7) is 2.82. The molecule has 0 aromatic heterocycles. The molecule has 0 radical (unpaired) electrons. The van der Waals surface area contributed by atoms with E-state index in [0.717, 1.165) is 69.3 Å². The van der Waals surface area contributed by atoms with Crippen molar-refractivity contribution in [3.05, 3.63) is 53.6 Å². The number of aryl methyl sites for hydroxylation is 1. The molecule has 1 saturated carbocycles. The van der Waals surface area contributed by atoms with Crippen LogP contribution >= 0.6 is 0 Å². The number of piperidine rings is 3. The Morgan fingerprint density at radius 3 is 2.46 bits per heavy atom. The molecule has 5 aliphatic rings. The van der Waals surface area contributed by atoms with E-state index in [1.807, 2.05) is 18.2 Å². The van der Waals surface area contributed by atoms with Crippen LogP contribution in [0.25, 0.3) is 11.1 Å². The molecule has 5 nitrogen and oxygen atoms in total. The molecule has 1 N–H and O–H groups in total. The van der Waals surface area contributed by atoms with Crippen molar-refractivity contribution in [1.29, 1.82) is 0 Å². The maximum Gasteiger partial charge on any atom is 0.573 e. The molecule has 2 bridgehead atoms. The number of fused-ring (bicyclic) bond motifs is 4. The first kappa shape index (κ1) is 22.7. The molecule has 186 valence electrons. The van der Waals surface area contributed by atoms with Gasteiger partial charge < -0.3 is 14.7 Å². The van der Waals surface area contributed by atoms with Gasteiger partial charge in [0.15, 0.2) is 0 Å². The average molecular weight is 487 g/mol. The van der Waals surface area contributed by atoms with Crippen LogP contribution in [0, 0.1) is 11.3 Å². The van der Waals surface area contributed by atoms with Gasteiger partial charge in [-0.15, -0.1) is 13.2 Å². The molecule has 8 heteroatoms. The summed E-state index contributed by atoms with van der Waals surface area (Å²) in [5, 5.41) is 10.5.